The lowest BCUT2D eigenvalue weighted by molar-refractivity contribution is -0.155. The number of nitriles is 1. The highest BCUT2D eigenvalue weighted by molar-refractivity contribution is 7.91. The molecule has 1 aliphatic heterocycles. The van der Waals surface area contributed by atoms with Crippen molar-refractivity contribution in [1.82, 2.24) is 4.90 Å². The van der Waals surface area contributed by atoms with E-state index in [9.17, 15) is 18.0 Å². The molecule has 1 aliphatic rings. The van der Waals surface area contributed by atoms with Gasteiger partial charge in [-0.3, -0.25) is 4.79 Å². The van der Waals surface area contributed by atoms with E-state index in [1.54, 1.807) is 24.3 Å². The van der Waals surface area contributed by atoms with Crippen molar-refractivity contribution in [3.63, 3.8) is 0 Å². The highest BCUT2D eigenvalue weighted by Crippen LogP contribution is 2.17. The first-order valence-electron chi connectivity index (χ1n) is 8.08. The smallest absolute Gasteiger partial charge is 0.331 e. The number of esters is 1. The fourth-order valence-corrected chi connectivity index (χ4v) is 4.42. The molecule has 2 atom stereocenters. The third-order valence-corrected chi connectivity index (χ3v) is 5.95. The second-order valence-corrected chi connectivity index (χ2v) is 8.38. The predicted molar refractivity (Wildman–Crippen MR) is 95.6 cm³/mol. The zero-order valence-electron chi connectivity index (χ0n) is 14.6. The van der Waals surface area contributed by atoms with Crippen LogP contribution in [0.4, 0.5) is 0 Å². The molecular formula is C18H20N2O5S. The Morgan fingerprint density at radius 2 is 2.00 bits per heavy atom. The molecule has 0 aromatic heterocycles. The quantitative estimate of drug-likeness (QED) is 0.564. The van der Waals surface area contributed by atoms with Crippen molar-refractivity contribution in [3.05, 3.63) is 41.5 Å². The molecule has 1 amide bonds. The van der Waals surface area contributed by atoms with Crippen LogP contribution in [0.1, 0.15) is 24.5 Å². The summed E-state index contributed by atoms with van der Waals surface area (Å²) in [6, 6.07) is 8.24. The molecule has 0 N–H and O–H groups in total. The highest BCUT2D eigenvalue weighted by atomic mass is 32.2. The Bertz CT molecular complexity index is 853. The minimum Gasteiger partial charge on any atom is -0.449 e. The predicted octanol–water partition coefficient (Wildman–Crippen LogP) is 1.15. The molecule has 7 nitrogen and oxygen atoms in total. The standard InChI is InChI=1S/C18H20N2O5S/c1-13(18(22)20(2)16-9-10-26(23,24)12-16)25-17(21)8-7-14-3-5-15(11-19)6-4-14/h3-8,13,16H,9-10,12H2,1-2H3/b8-7+/t13-,16-/m1/s1. The summed E-state index contributed by atoms with van der Waals surface area (Å²) in [6.07, 6.45) is 2.10. The molecule has 138 valence electrons. The van der Waals surface area contributed by atoms with Gasteiger partial charge >= 0.3 is 5.97 Å². The SMILES string of the molecule is C[C@@H](OC(=O)/C=C/c1ccc(C#N)cc1)C(=O)N(C)[C@@H]1CCS(=O)(=O)C1. The van der Waals surface area contributed by atoms with E-state index in [0.29, 0.717) is 17.5 Å². The normalized spacial score (nSPS) is 19.7. The molecule has 1 saturated heterocycles. The van der Waals surface area contributed by atoms with Crippen LogP contribution in [0, 0.1) is 11.3 Å². The van der Waals surface area contributed by atoms with Gasteiger partial charge in [0, 0.05) is 19.2 Å². The van der Waals surface area contributed by atoms with E-state index in [-0.39, 0.29) is 17.5 Å². The van der Waals surface area contributed by atoms with Crippen molar-refractivity contribution in [1.29, 1.82) is 5.26 Å². The fourth-order valence-electron chi connectivity index (χ4n) is 2.64. The number of hydrogen-bond donors (Lipinski definition) is 0. The van der Waals surface area contributed by atoms with Crippen molar-refractivity contribution in [2.24, 2.45) is 0 Å². The first-order chi connectivity index (χ1) is 12.2. The Kier molecular flexibility index (Phi) is 6.16. The maximum atomic E-state index is 12.3. The Balaban J connectivity index is 1.90. The van der Waals surface area contributed by atoms with Crippen LogP contribution in [0.5, 0.6) is 0 Å². The number of hydrogen-bond acceptors (Lipinski definition) is 6. The van der Waals surface area contributed by atoms with Gasteiger partial charge in [-0.2, -0.15) is 5.26 Å². The fraction of sp³-hybridized carbons (Fsp3) is 0.389. The second-order valence-electron chi connectivity index (χ2n) is 6.15. The summed E-state index contributed by atoms with van der Waals surface area (Å²) in [5, 5.41) is 8.74. The highest BCUT2D eigenvalue weighted by Gasteiger charge is 2.34. The molecule has 0 saturated carbocycles. The largest absolute Gasteiger partial charge is 0.449 e. The zero-order chi connectivity index (χ0) is 19.3. The van der Waals surface area contributed by atoms with Gasteiger partial charge in [0.25, 0.3) is 5.91 Å². The molecule has 26 heavy (non-hydrogen) atoms. The third kappa shape index (κ3) is 5.17. The molecule has 8 heteroatoms. The van der Waals surface area contributed by atoms with E-state index in [4.69, 9.17) is 10.00 Å². The van der Waals surface area contributed by atoms with Crippen LogP contribution >= 0.6 is 0 Å². The number of benzene rings is 1. The Morgan fingerprint density at radius 3 is 2.54 bits per heavy atom. The molecule has 1 aromatic rings. The van der Waals surface area contributed by atoms with Gasteiger partial charge in [-0.25, -0.2) is 13.2 Å². The van der Waals surface area contributed by atoms with Gasteiger partial charge in [-0.1, -0.05) is 12.1 Å². The minimum atomic E-state index is -3.10. The van der Waals surface area contributed by atoms with Gasteiger partial charge < -0.3 is 9.64 Å². The monoisotopic (exact) mass is 376 g/mol. The summed E-state index contributed by atoms with van der Waals surface area (Å²) >= 11 is 0. The van der Waals surface area contributed by atoms with Gasteiger partial charge in [0.15, 0.2) is 15.9 Å². The summed E-state index contributed by atoms with van der Waals surface area (Å²) < 4.78 is 28.1. The first-order valence-corrected chi connectivity index (χ1v) is 9.90. The number of carbonyl (C=O) groups is 2. The van der Waals surface area contributed by atoms with E-state index < -0.39 is 27.8 Å². The topological polar surface area (TPSA) is 105 Å². The van der Waals surface area contributed by atoms with Gasteiger partial charge in [0.1, 0.15) is 0 Å². The van der Waals surface area contributed by atoms with Crippen molar-refractivity contribution in [3.8, 4) is 6.07 Å². The lowest BCUT2D eigenvalue weighted by Gasteiger charge is -2.26. The number of ether oxygens (including phenoxy) is 1. The summed E-state index contributed by atoms with van der Waals surface area (Å²) in [4.78, 5) is 25.5. The maximum Gasteiger partial charge on any atom is 0.331 e. The van der Waals surface area contributed by atoms with Crippen LogP contribution in [0.25, 0.3) is 6.08 Å². The lowest BCUT2D eigenvalue weighted by Crippen LogP contribution is -2.44. The molecule has 1 aromatic carbocycles. The Labute approximate surface area is 152 Å². The van der Waals surface area contributed by atoms with Crippen LogP contribution in [0.3, 0.4) is 0 Å². The average molecular weight is 376 g/mol. The number of nitrogens with zero attached hydrogens (tertiary/aromatic N) is 2. The van der Waals surface area contributed by atoms with Gasteiger partial charge in [-0.05, 0) is 37.1 Å². The van der Waals surface area contributed by atoms with Gasteiger partial charge in [0.05, 0.1) is 23.1 Å². The van der Waals surface area contributed by atoms with Crippen LogP contribution in [-0.4, -0.2) is 55.9 Å². The van der Waals surface area contributed by atoms with Crippen LogP contribution in [0.15, 0.2) is 30.3 Å². The van der Waals surface area contributed by atoms with Crippen molar-refractivity contribution >= 4 is 27.8 Å². The number of sulfone groups is 1. The van der Waals surface area contributed by atoms with E-state index >= 15 is 0 Å². The van der Waals surface area contributed by atoms with E-state index in [0.717, 1.165) is 0 Å². The Hall–Kier alpha value is -2.66. The molecule has 0 unspecified atom stereocenters. The zero-order valence-corrected chi connectivity index (χ0v) is 15.4. The molecule has 0 radical (unpaired) electrons. The van der Waals surface area contributed by atoms with Crippen molar-refractivity contribution < 1.29 is 22.7 Å². The summed E-state index contributed by atoms with van der Waals surface area (Å²) in [7, 11) is -1.58. The number of carbonyl (C=O) groups excluding carboxylic acids is 2. The molecule has 1 fully saturated rings. The third-order valence-electron chi connectivity index (χ3n) is 4.20. The van der Waals surface area contributed by atoms with Crippen LogP contribution in [0.2, 0.25) is 0 Å². The molecular weight excluding hydrogens is 356 g/mol. The summed E-state index contributed by atoms with van der Waals surface area (Å²) in [5.41, 5.74) is 1.23. The molecule has 2 rings (SSSR count). The molecule has 0 spiro atoms. The molecule has 0 aliphatic carbocycles. The second kappa shape index (κ2) is 8.15. The van der Waals surface area contributed by atoms with Gasteiger partial charge in [0.2, 0.25) is 0 Å². The average Bonchev–Trinajstić information content (AvgIpc) is 2.98. The Morgan fingerprint density at radius 1 is 1.35 bits per heavy atom. The molecule has 1 heterocycles. The minimum absolute atomic E-state index is 0.0610. The number of likely N-dealkylation sites (N-methyl/N-ethyl adjacent to an activating group) is 1. The summed E-state index contributed by atoms with van der Waals surface area (Å²) in [5.74, 6) is -1.11. The molecule has 0 bridgehead atoms. The number of amides is 1. The number of rotatable bonds is 5. The van der Waals surface area contributed by atoms with Crippen LogP contribution < -0.4 is 0 Å². The maximum absolute atomic E-state index is 12.3. The lowest BCUT2D eigenvalue weighted by atomic mass is 10.1. The van der Waals surface area contributed by atoms with E-state index in [1.807, 2.05) is 6.07 Å². The van der Waals surface area contributed by atoms with E-state index in [2.05, 4.69) is 0 Å². The van der Waals surface area contributed by atoms with E-state index in [1.165, 1.54) is 31.0 Å². The first kappa shape index (κ1) is 19.7. The summed E-state index contributed by atoms with van der Waals surface area (Å²) in [6.45, 7) is 1.45. The van der Waals surface area contributed by atoms with Gasteiger partial charge in [-0.15, -0.1) is 0 Å². The van der Waals surface area contributed by atoms with Crippen molar-refractivity contribution in [2.45, 2.75) is 25.5 Å². The van der Waals surface area contributed by atoms with Crippen LogP contribution in [-0.2, 0) is 24.2 Å². The van der Waals surface area contributed by atoms with Crippen molar-refractivity contribution in [2.75, 3.05) is 18.6 Å².